The minimum absolute atomic E-state index is 0.0843. The summed E-state index contributed by atoms with van der Waals surface area (Å²) in [5, 5.41) is 7.14. The molecule has 1 amide bonds. The van der Waals surface area contributed by atoms with Crippen LogP contribution in [0.2, 0.25) is 0 Å². The summed E-state index contributed by atoms with van der Waals surface area (Å²) in [5.41, 5.74) is 4.22. The lowest BCUT2D eigenvalue weighted by Gasteiger charge is -2.20. The second-order valence-electron chi connectivity index (χ2n) is 5.56. The van der Waals surface area contributed by atoms with Gasteiger partial charge in [0.25, 0.3) is 5.91 Å². The van der Waals surface area contributed by atoms with Crippen molar-refractivity contribution in [2.45, 2.75) is 13.8 Å². The highest BCUT2D eigenvalue weighted by Gasteiger charge is 2.19. The van der Waals surface area contributed by atoms with E-state index < -0.39 is 0 Å². The molecule has 1 heterocycles. The average molecular weight is 384 g/mol. The Labute approximate surface area is 149 Å². The van der Waals surface area contributed by atoms with Crippen LogP contribution in [-0.4, -0.2) is 22.6 Å². The van der Waals surface area contributed by atoms with Gasteiger partial charge in [-0.05, 0) is 49.7 Å². The Morgan fingerprint density at radius 1 is 1.17 bits per heavy atom. The normalized spacial score (nSPS) is 10.6. The summed E-state index contributed by atoms with van der Waals surface area (Å²) in [7, 11) is 0. The first-order valence-electron chi connectivity index (χ1n) is 7.78. The fraction of sp³-hybridized carbons (Fsp3) is 0.158. The summed E-state index contributed by atoms with van der Waals surface area (Å²) in [6.07, 6.45) is 0. The summed E-state index contributed by atoms with van der Waals surface area (Å²) in [5.74, 6) is -0.0843. The predicted octanol–water partition coefficient (Wildman–Crippen LogP) is 4.81. The van der Waals surface area contributed by atoms with Gasteiger partial charge in [-0.3, -0.25) is 9.89 Å². The molecule has 0 atom stereocenters. The van der Waals surface area contributed by atoms with Crippen LogP contribution in [0.3, 0.4) is 0 Å². The molecular weight excluding hydrogens is 366 g/mol. The number of halogens is 1. The molecule has 0 saturated carbocycles. The molecule has 0 unspecified atom stereocenters. The van der Waals surface area contributed by atoms with E-state index in [2.05, 4.69) is 26.1 Å². The molecule has 2 aromatic carbocycles. The van der Waals surface area contributed by atoms with Gasteiger partial charge in [-0.25, -0.2) is 0 Å². The van der Waals surface area contributed by atoms with Crippen LogP contribution in [0.15, 0.2) is 59.1 Å². The van der Waals surface area contributed by atoms with Crippen molar-refractivity contribution in [3.63, 3.8) is 0 Å². The molecule has 0 aliphatic carbocycles. The zero-order valence-corrected chi connectivity index (χ0v) is 15.2. The van der Waals surface area contributed by atoms with Crippen LogP contribution in [-0.2, 0) is 0 Å². The molecule has 122 valence electrons. The SMILES string of the molecule is CCN(C(=O)c1cc(-c2ccc(Br)cc2)n[nH]1)c1cccc(C)c1. The molecule has 0 aliphatic heterocycles. The summed E-state index contributed by atoms with van der Waals surface area (Å²) in [6, 6.07) is 17.6. The number of amides is 1. The number of aromatic amines is 1. The van der Waals surface area contributed by atoms with Crippen molar-refractivity contribution in [1.29, 1.82) is 0 Å². The Morgan fingerprint density at radius 3 is 2.58 bits per heavy atom. The van der Waals surface area contributed by atoms with E-state index in [0.29, 0.717) is 12.2 Å². The van der Waals surface area contributed by atoms with Gasteiger partial charge in [0.15, 0.2) is 0 Å². The fourth-order valence-corrected chi connectivity index (χ4v) is 2.85. The Morgan fingerprint density at radius 2 is 1.92 bits per heavy atom. The molecule has 3 rings (SSSR count). The number of nitrogens with zero attached hydrogens (tertiary/aromatic N) is 2. The van der Waals surface area contributed by atoms with Gasteiger partial charge in [-0.1, -0.05) is 40.2 Å². The number of nitrogens with one attached hydrogen (secondary N) is 1. The van der Waals surface area contributed by atoms with Crippen molar-refractivity contribution in [2.75, 3.05) is 11.4 Å². The Hall–Kier alpha value is -2.40. The van der Waals surface area contributed by atoms with Crippen LogP contribution in [0, 0.1) is 6.92 Å². The minimum atomic E-state index is -0.0843. The van der Waals surface area contributed by atoms with Gasteiger partial charge in [0.05, 0.1) is 5.69 Å². The third kappa shape index (κ3) is 3.41. The van der Waals surface area contributed by atoms with Crippen LogP contribution < -0.4 is 4.90 Å². The standard InChI is InChI=1S/C19H18BrN3O/c1-3-23(16-6-4-5-13(2)11-16)19(24)18-12-17(21-22-18)14-7-9-15(20)10-8-14/h4-12H,3H2,1-2H3,(H,21,22). The van der Waals surface area contributed by atoms with Gasteiger partial charge in [-0.2, -0.15) is 5.10 Å². The van der Waals surface area contributed by atoms with E-state index >= 15 is 0 Å². The predicted molar refractivity (Wildman–Crippen MR) is 100 cm³/mol. The van der Waals surface area contributed by atoms with Crippen molar-refractivity contribution >= 4 is 27.5 Å². The van der Waals surface area contributed by atoms with Gasteiger partial charge in [0.1, 0.15) is 5.69 Å². The number of H-pyrrole nitrogens is 1. The number of hydrogen-bond acceptors (Lipinski definition) is 2. The number of carbonyl (C=O) groups is 1. The number of benzene rings is 2. The van der Waals surface area contributed by atoms with Crippen LogP contribution in [0.25, 0.3) is 11.3 Å². The van der Waals surface area contributed by atoms with Crippen LogP contribution in [0.4, 0.5) is 5.69 Å². The lowest BCUT2D eigenvalue weighted by molar-refractivity contribution is 0.0983. The zero-order chi connectivity index (χ0) is 17.1. The number of carbonyl (C=O) groups excluding carboxylic acids is 1. The fourth-order valence-electron chi connectivity index (χ4n) is 2.58. The maximum atomic E-state index is 12.8. The molecule has 0 spiro atoms. The van der Waals surface area contributed by atoms with Gasteiger partial charge in [-0.15, -0.1) is 0 Å². The molecule has 0 saturated heterocycles. The van der Waals surface area contributed by atoms with E-state index in [-0.39, 0.29) is 5.91 Å². The summed E-state index contributed by atoms with van der Waals surface area (Å²) in [4.78, 5) is 14.6. The number of anilines is 1. The second kappa shape index (κ2) is 7.01. The molecule has 24 heavy (non-hydrogen) atoms. The topological polar surface area (TPSA) is 49.0 Å². The van der Waals surface area contributed by atoms with Crippen molar-refractivity contribution in [1.82, 2.24) is 10.2 Å². The maximum Gasteiger partial charge on any atom is 0.276 e. The highest BCUT2D eigenvalue weighted by atomic mass is 79.9. The average Bonchev–Trinajstić information content (AvgIpc) is 3.06. The molecule has 0 radical (unpaired) electrons. The van der Waals surface area contributed by atoms with E-state index in [1.54, 1.807) is 11.0 Å². The number of aromatic nitrogens is 2. The summed E-state index contributed by atoms with van der Waals surface area (Å²) in [6.45, 7) is 4.57. The molecule has 4 nitrogen and oxygen atoms in total. The first-order chi connectivity index (χ1) is 11.6. The summed E-state index contributed by atoms with van der Waals surface area (Å²) >= 11 is 3.42. The zero-order valence-electron chi connectivity index (χ0n) is 13.6. The molecule has 0 aliphatic rings. The van der Waals surface area contributed by atoms with Gasteiger partial charge in [0, 0.05) is 22.3 Å². The number of hydrogen-bond donors (Lipinski definition) is 1. The summed E-state index contributed by atoms with van der Waals surface area (Å²) < 4.78 is 1.01. The van der Waals surface area contributed by atoms with E-state index in [0.717, 1.165) is 27.0 Å². The smallest absolute Gasteiger partial charge is 0.276 e. The highest BCUT2D eigenvalue weighted by Crippen LogP contribution is 2.22. The Balaban J connectivity index is 1.88. The third-order valence-electron chi connectivity index (χ3n) is 3.82. The minimum Gasteiger partial charge on any atom is -0.307 e. The van der Waals surface area contributed by atoms with Crippen LogP contribution in [0.1, 0.15) is 23.0 Å². The van der Waals surface area contributed by atoms with Crippen LogP contribution >= 0.6 is 15.9 Å². The van der Waals surface area contributed by atoms with Crippen molar-refractivity contribution in [2.24, 2.45) is 0 Å². The monoisotopic (exact) mass is 383 g/mol. The number of aryl methyl sites for hydroxylation is 1. The van der Waals surface area contributed by atoms with E-state index in [9.17, 15) is 4.79 Å². The van der Waals surface area contributed by atoms with Crippen LogP contribution in [0.5, 0.6) is 0 Å². The lowest BCUT2D eigenvalue weighted by atomic mass is 10.1. The van der Waals surface area contributed by atoms with Crippen molar-refractivity contribution in [3.05, 3.63) is 70.3 Å². The van der Waals surface area contributed by atoms with Gasteiger partial charge < -0.3 is 4.90 Å². The lowest BCUT2D eigenvalue weighted by Crippen LogP contribution is -2.30. The van der Waals surface area contributed by atoms with Crippen molar-refractivity contribution < 1.29 is 4.79 Å². The third-order valence-corrected chi connectivity index (χ3v) is 4.35. The van der Waals surface area contributed by atoms with E-state index in [1.165, 1.54) is 0 Å². The first-order valence-corrected chi connectivity index (χ1v) is 8.57. The maximum absolute atomic E-state index is 12.8. The van der Waals surface area contributed by atoms with E-state index in [4.69, 9.17) is 0 Å². The van der Waals surface area contributed by atoms with Crippen molar-refractivity contribution in [3.8, 4) is 11.3 Å². The number of rotatable bonds is 4. The molecule has 1 aromatic heterocycles. The highest BCUT2D eigenvalue weighted by molar-refractivity contribution is 9.10. The molecule has 5 heteroatoms. The molecule has 1 N–H and O–H groups in total. The van der Waals surface area contributed by atoms with Gasteiger partial charge in [0.2, 0.25) is 0 Å². The quantitative estimate of drug-likeness (QED) is 0.702. The molecule has 0 bridgehead atoms. The molecule has 0 fully saturated rings. The van der Waals surface area contributed by atoms with Gasteiger partial charge >= 0.3 is 0 Å². The van der Waals surface area contributed by atoms with E-state index in [1.807, 2.05) is 62.4 Å². The second-order valence-corrected chi connectivity index (χ2v) is 6.48. The Bertz CT molecular complexity index is 855. The first kappa shape index (κ1) is 16.5. The Kier molecular flexibility index (Phi) is 4.81. The largest absolute Gasteiger partial charge is 0.307 e. The molecular formula is C19H18BrN3O. The molecule has 3 aromatic rings.